The van der Waals surface area contributed by atoms with E-state index in [1.807, 2.05) is 0 Å². The Morgan fingerprint density at radius 3 is 0.855 bits per heavy atom. The molecule has 0 fully saturated rings. The van der Waals surface area contributed by atoms with Gasteiger partial charge in [0.15, 0.2) is 0 Å². The van der Waals surface area contributed by atoms with Gasteiger partial charge in [0, 0.05) is 12.8 Å². The van der Waals surface area contributed by atoms with Crippen LogP contribution in [0.1, 0.15) is 431 Å². The second-order valence-electron chi connectivity index (χ2n) is 26.3. The first-order valence-electron chi connectivity index (χ1n) is 38.1. The fraction of sp³-hybridized carbons (Fsp3) is 0.922. The molecule has 1 amide bonds. The van der Waals surface area contributed by atoms with Crippen LogP contribution in [0, 0.1) is 0 Å². The van der Waals surface area contributed by atoms with Gasteiger partial charge in [0.1, 0.15) is 0 Å². The van der Waals surface area contributed by atoms with Crippen LogP contribution < -0.4 is 5.32 Å². The lowest BCUT2D eigenvalue weighted by atomic mass is 10.0. The van der Waals surface area contributed by atoms with Crippen LogP contribution in [0.2, 0.25) is 0 Å². The van der Waals surface area contributed by atoms with E-state index in [1.54, 1.807) is 0 Å². The molecule has 0 rings (SSSR count). The fourth-order valence-corrected chi connectivity index (χ4v) is 12.2. The molecule has 492 valence electrons. The highest BCUT2D eigenvalue weighted by molar-refractivity contribution is 5.76. The van der Waals surface area contributed by atoms with Crippen LogP contribution in [0.3, 0.4) is 0 Å². The van der Waals surface area contributed by atoms with Crippen molar-refractivity contribution < 1.29 is 24.5 Å². The van der Waals surface area contributed by atoms with Gasteiger partial charge in [-0.2, -0.15) is 0 Å². The third-order valence-corrected chi connectivity index (χ3v) is 18.0. The standard InChI is InChI=1S/C77H149NO5/c1-3-5-7-9-11-13-15-17-42-45-49-53-57-61-65-69-75(80)74(73-79)78-76(81)70-66-62-58-54-50-46-43-40-38-36-34-32-30-28-26-24-22-20-19-21-23-25-27-29-31-33-35-37-39-41-44-48-52-56-60-64-68-72-83-77(82)71-67-63-59-55-51-47-18-16-14-12-10-8-6-4-2/h16,18-19,21,74-75,79-80H,3-15,17,20,22-73H2,1-2H3,(H,78,81)/b18-16-,21-19-. The topological polar surface area (TPSA) is 95.9 Å². The Balaban J connectivity index is 3.32. The van der Waals surface area contributed by atoms with E-state index in [0.29, 0.717) is 25.9 Å². The van der Waals surface area contributed by atoms with Crippen molar-refractivity contribution in [1.82, 2.24) is 5.32 Å². The molecule has 0 spiro atoms. The van der Waals surface area contributed by atoms with E-state index in [2.05, 4.69) is 43.5 Å². The molecule has 0 aliphatic carbocycles. The van der Waals surface area contributed by atoms with Crippen LogP contribution in [-0.2, 0) is 14.3 Å². The van der Waals surface area contributed by atoms with Gasteiger partial charge >= 0.3 is 5.97 Å². The molecule has 0 heterocycles. The van der Waals surface area contributed by atoms with Gasteiger partial charge in [0.2, 0.25) is 5.91 Å². The average molecular weight is 1170 g/mol. The maximum absolute atomic E-state index is 12.5. The Morgan fingerprint density at radius 2 is 0.566 bits per heavy atom. The number of carbonyl (C=O) groups excluding carboxylic acids is 2. The smallest absolute Gasteiger partial charge is 0.305 e. The van der Waals surface area contributed by atoms with Gasteiger partial charge in [-0.3, -0.25) is 9.59 Å². The number of ether oxygens (including phenoxy) is 1. The molecule has 2 unspecified atom stereocenters. The summed E-state index contributed by atoms with van der Waals surface area (Å²) in [6, 6.07) is -0.538. The van der Waals surface area contributed by atoms with Gasteiger partial charge in [-0.05, 0) is 77.0 Å². The SMILES string of the molecule is CCCCCCC/C=C\CCCCCCCC(=O)OCCCCCCCCCCCCCCCCCC/C=C\CCCCCCCCCCCCCCCCCCCC(=O)NC(CO)C(O)CCCCCCCCCCCCCCCCC. The molecule has 0 saturated heterocycles. The molecule has 0 aromatic rings. The third kappa shape index (κ3) is 69.3. The summed E-state index contributed by atoms with van der Waals surface area (Å²) >= 11 is 0. The number of hydrogen-bond donors (Lipinski definition) is 3. The highest BCUT2D eigenvalue weighted by Gasteiger charge is 2.20. The molecule has 0 aliphatic rings. The third-order valence-electron chi connectivity index (χ3n) is 18.0. The van der Waals surface area contributed by atoms with Crippen LogP contribution in [-0.4, -0.2) is 47.4 Å². The largest absolute Gasteiger partial charge is 0.466 e. The molecule has 3 N–H and O–H groups in total. The highest BCUT2D eigenvalue weighted by Crippen LogP contribution is 2.19. The molecule has 6 heteroatoms. The Kier molecular flexibility index (Phi) is 71.4. The van der Waals surface area contributed by atoms with Crippen molar-refractivity contribution in [1.29, 1.82) is 0 Å². The van der Waals surface area contributed by atoms with Crippen LogP contribution in [0.25, 0.3) is 0 Å². The zero-order valence-electron chi connectivity index (χ0n) is 56.5. The molecule has 0 aromatic carbocycles. The van der Waals surface area contributed by atoms with Crippen LogP contribution in [0.4, 0.5) is 0 Å². The van der Waals surface area contributed by atoms with Crippen molar-refractivity contribution in [3.05, 3.63) is 24.3 Å². The maximum atomic E-state index is 12.5. The zero-order valence-corrected chi connectivity index (χ0v) is 56.5. The van der Waals surface area contributed by atoms with E-state index in [1.165, 1.54) is 353 Å². The van der Waals surface area contributed by atoms with Gasteiger partial charge in [-0.1, -0.05) is 366 Å². The van der Waals surface area contributed by atoms with E-state index in [0.717, 1.165) is 44.9 Å². The van der Waals surface area contributed by atoms with Crippen molar-refractivity contribution in [3.8, 4) is 0 Å². The van der Waals surface area contributed by atoms with Crippen LogP contribution in [0.5, 0.6) is 0 Å². The van der Waals surface area contributed by atoms with E-state index in [4.69, 9.17) is 4.74 Å². The number of aliphatic hydroxyl groups excluding tert-OH is 2. The van der Waals surface area contributed by atoms with Crippen molar-refractivity contribution in [2.45, 2.75) is 443 Å². The summed E-state index contributed by atoms with van der Waals surface area (Å²) in [5.74, 6) is -0.0141. The zero-order chi connectivity index (χ0) is 59.9. The summed E-state index contributed by atoms with van der Waals surface area (Å²) < 4.78 is 5.49. The first-order valence-corrected chi connectivity index (χ1v) is 38.1. The maximum Gasteiger partial charge on any atom is 0.305 e. The van der Waals surface area contributed by atoms with Gasteiger partial charge in [0.05, 0.1) is 25.4 Å². The summed E-state index contributed by atoms with van der Waals surface area (Å²) in [6.45, 7) is 4.98. The lowest BCUT2D eigenvalue weighted by molar-refractivity contribution is -0.143. The summed E-state index contributed by atoms with van der Waals surface area (Å²) in [7, 11) is 0. The number of hydrogen-bond acceptors (Lipinski definition) is 5. The summed E-state index contributed by atoms with van der Waals surface area (Å²) in [4.78, 5) is 24.6. The van der Waals surface area contributed by atoms with Gasteiger partial charge in [-0.25, -0.2) is 0 Å². The van der Waals surface area contributed by atoms with Crippen LogP contribution in [0.15, 0.2) is 24.3 Å². The number of carbonyl (C=O) groups is 2. The molecular formula is C77H149NO5. The molecule has 0 aromatic heterocycles. The average Bonchev–Trinajstić information content (AvgIpc) is 3.49. The Morgan fingerprint density at radius 1 is 0.325 bits per heavy atom. The number of allylic oxidation sites excluding steroid dienone is 4. The molecule has 83 heavy (non-hydrogen) atoms. The Labute approximate surface area is 520 Å². The van der Waals surface area contributed by atoms with E-state index in [9.17, 15) is 19.8 Å². The fourth-order valence-electron chi connectivity index (χ4n) is 12.2. The minimum Gasteiger partial charge on any atom is -0.466 e. The number of rotatable bonds is 72. The number of esters is 1. The van der Waals surface area contributed by atoms with Crippen LogP contribution >= 0.6 is 0 Å². The normalized spacial score (nSPS) is 12.6. The van der Waals surface area contributed by atoms with E-state index < -0.39 is 12.1 Å². The van der Waals surface area contributed by atoms with Crippen molar-refractivity contribution >= 4 is 11.9 Å². The Hall–Kier alpha value is -1.66. The monoisotopic (exact) mass is 1170 g/mol. The second-order valence-corrected chi connectivity index (χ2v) is 26.3. The molecule has 6 nitrogen and oxygen atoms in total. The predicted molar refractivity (Wildman–Crippen MR) is 366 cm³/mol. The van der Waals surface area contributed by atoms with Crippen molar-refractivity contribution in [3.63, 3.8) is 0 Å². The molecule has 0 aliphatic heterocycles. The second kappa shape index (κ2) is 72.8. The molecular weight excluding hydrogens is 1020 g/mol. The number of unbranched alkanes of at least 4 members (excludes halogenated alkanes) is 57. The first kappa shape index (κ1) is 81.3. The summed E-state index contributed by atoms with van der Waals surface area (Å²) in [6.07, 6.45) is 92.6. The molecule has 0 saturated carbocycles. The van der Waals surface area contributed by atoms with E-state index in [-0.39, 0.29) is 18.5 Å². The number of aliphatic hydroxyl groups is 2. The van der Waals surface area contributed by atoms with E-state index >= 15 is 0 Å². The van der Waals surface area contributed by atoms with Gasteiger partial charge < -0.3 is 20.3 Å². The summed E-state index contributed by atoms with van der Waals surface area (Å²) in [5.41, 5.74) is 0. The summed E-state index contributed by atoms with van der Waals surface area (Å²) in [5, 5.41) is 23.4. The lowest BCUT2D eigenvalue weighted by Crippen LogP contribution is -2.45. The minimum absolute atomic E-state index is 0.0136. The van der Waals surface area contributed by atoms with Gasteiger partial charge in [0.25, 0.3) is 0 Å². The molecule has 0 radical (unpaired) electrons. The predicted octanol–water partition coefficient (Wildman–Crippen LogP) is 24.9. The molecule has 0 bridgehead atoms. The van der Waals surface area contributed by atoms with Gasteiger partial charge in [-0.15, -0.1) is 0 Å². The number of amides is 1. The first-order chi connectivity index (χ1) is 41.0. The van der Waals surface area contributed by atoms with Crippen molar-refractivity contribution in [2.24, 2.45) is 0 Å². The van der Waals surface area contributed by atoms with Crippen molar-refractivity contribution in [2.75, 3.05) is 13.2 Å². The lowest BCUT2D eigenvalue weighted by Gasteiger charge is -2.22. The molecule has 2 atom stereocenters. The Bertz CT molecular complexity index is 1300. The highest BCUT2D eigenvalue weighted by atomic mass is 16.5. The minimum atomic E-state index is -0.661. The quantitative estimate of drug-likeness (QED) is 0.0320. The number of nitrogens with one attached hydrogen (secondary N) is 1.